The van der Waals surface area contributed by atoms with Gasteiger partial charge in [-0.25, -0.2) is 4.79 Å². The van der Waals surface area contributed by atoms with Gasteiger partial charge < -0.3 is 19.9 Å². The molecule has 0 radical (unpaired) electrons. The number of hydrogen-bond acceptors (Lipinski definition) is 3. The maximum absolute atomic E-state index is 10.6. The van der Waals surface area contributed by atoms with E-state index in [9.17, 15) is 9.90 Å². The van der Waals surface area contributed by atoms with Crippen LogP contribution >= 0.6 is 0 Å². The Hall–Kier alpha value is -2.43. The smallest absolute Gasteiger partial charge is 0.352 e. The third-order valence-corrected chi connectivity index (χ3v) is 2.23. The third kappa shape index (κ3) is 2.57. The number of hydrogen-bond donors (Lipinski definition) is 3. The predicted molar refractivity (Wildman–Crippen MR) is 60.2 cm³/mol. The summed E-state index contributed by atoms with van der Waals surface area (Å²) in [5.41, 5.74) is 0.812. The second-order valence-electron chi connectivity index (χ2n) is 3.48. The van der Waals surface area contributed by atoms with Crippen LogP contribution in [-0.4, -0.2) is 21.2 Å². The Bertz CT molecular complexity index is 533. The summed E-state index contributed by atoms with van der Waals surface area (Å²) in [6.45, 7) is 0.196. The van der Waals surface area contributed by atoms with Crippen molar-refractivity contribution < 1.29 is 19.7 Å². The van der Waals surface area contributed by atoms with Gasteiger partial charge in [-0.1, -0.05) is 12.1 Å². The highest BCUT2D eigenvalue weighted by Gasteiger charge is 2.07. The van der Waals surface area contributed by atoms with Crippen molar-refractivity contribution in [2.45, 2.75) is 6.61 Å². The van der Waals surface area contributed by atoms with Gasteiger partial charge in [-0.15, -0.1) is 0 Å². The van der Waals surface area contributed by atoms with Gasteiger partial charge in [0.25, 0.3) is 0 Å². The maximum Gasteiger partial charge on any atom is 0.352 e. The Morgan fingerprint density at radius 1 is 1.35 bits per heavy atom. The number of aromatic hydroxyl groups is 1. The van der Waals surface area contributed by atoms with Crippen LogP contribution in [-0.2, 0) is 6.61 Å². The number of ether oxygens (including phenoxy) is 1. The fourth-order valence-corrected chi connectivity index (χ4v) is 1.39. The number of phenolic OH excluding ortho intramolecular Hbond substituents is 1. The zero-order chi connectivity index (χ0) is 12.3. The first kappa shape index (κ1) is 11.1. The lowest BCUT2D eigenvalue weighted by molar-refractivity contribution is 0.0691. The molecule has 5 nitrogen and oxygen atoms in total. The lowest BCUT2D eigenvalue weighted by Crippen LogP contribution is -1.96. The van der Waals surface area contributed by atoms with Gasteiger partial charge in [0, 0.05) is 11.8 Å². The Morgan fingerprint density at radius 2 is 2.12 bits per heavy atom. The number of aromatic amines is 1. The average molecular weight is 233 g/mol. The first-order valence-corrected chi connectivity index (χ1v) is 4.98. The molecule has 0 amide bonds. The summed E-state index contributed by atoms with van der Waals surface area (Å²) in [5, 5.41) is 18.2. The van der Waals surface area contributed by atoms with E-state index in [2.05, 4.69) is 4.98 Å². The summed E-state index contributed by atoms with van der Waals surface area (Å²) in [6, 6.07) is 8.09. The number of nitrogens with one attached hydrogen (secondary N) is 1. The van der Waals surface area contributed by atoms with Crippen LogP contribution in [0.1, 0.15) is 16.1 Å². The summed E-state index contributed by atoms with van der Waals surface area (Å²) in [7, 11) is 0. The molecule has 1 aromatic carbocycles. The van der Waals surface area contributed by atoms with E-state index < -0.39 is 5.97 Å². The number of carbonyl (C=O) groups is 1. The molecule has 0 saturated heterocycles. The van der Waals surface area contributed by atoms with E-state index in [-0.39, 0.29) is 18.1 Å². The minimum absolute atomic E-state index is 0.0569. The van der Waals surface area contributed by atoms with E-state index in [0.717, 1.165) is 0 Å². The molecular weight excluding hydrogens is 222 g/mol. The van der Waals surface area contributed by atoms with E-state index in [4.69, 9.17) is 9.84 Å². The number of aromatic nitrogens is 1. The van der Waals surface area contributed by atoms with Crippen molar-refractivity contribution in [3.63, 3.8) is 0 Å². The molecule has 0 unspecified atom stereocenters. The Morgan fingerprint density at radius 3 is 2.76 bits per heavy atom. The third-order valence-electron chi connectivity index (χ3n) is 2.23. The molecule has 2 rings (SSSR count). The van der Waals surface area contributed by atoms with Gasteiger partial charge in [0.2, 0.25) is 0 Å². The summed E-state index contributed by atoms with van der Waals surface area (Å²) < 4.78 is 5.35. The van der Waals surface area contributed by atoms with E-state index >= 15 is 0 Å². The lowest BCUT2D eigenvalue weighted by atomic mass is 10.3. The number of carboxylic acid groups (broad SMARTS) is 1. The fraction of sp³-hybridized carbons (Fsp3) is 0.0833. The van der Waals surface area contributed by atoms with Crippen LogP contribution in [0.5, 0.6) is 11.5 Å². The highest BCUT2D eigenvalue weighted by atomic mass is 16.5. The Labute approximate surface area is 97.3 Å². The van der Waals surface area contributed by atoms with Crippen LogP contribution in [0.2, 0.25) is 0 Å². The molecule has 0 bridgehead atoms. The van der Waals surface area contributed by atoms with Gasteiger partial charge in [-0.2, -0.15) is 0 Å². The maximum atomic E-state index is 10.6. The number of aromatic carboxylic acids is 1. The molecule has 17 heavy (non-hydrogen) atoms. The molecule has 1 aromatic heterocycles. The fourth-order valence-electron chi connectivity index (χ4n) is 1.39. The van der Waals surface area contributed by atoms with E-state index in [1.807, 2.05) is 0 Å². The molecule has 0 spiro atoms. The second kappa shape index (κ2) is 4.61. The van der Waals surface area contributed by atoms with Crippen molar-refractivity contribution in [2.24, 2.45) is 0 Å². The zero-order valence-electron chi connectivity index (χ0n) is 8.88. The zero-order valence-corrected chi connectivity index (χ0v) is 8.88. The first-order chi connectivity index (χ1) is 8.16. The van der Waals surface area contributed by atoms with Crippen molar-refractivity contribution in [2.75, 3.05) is 0 Å². The number of carboxylic acids is 1. The molecule has 1 heterocycles. The minimum atomic E-state index is -1.01. The highest BCUT2D eigenvalue weighted by Crippen LogP contribution is 2.25. The van der Waals surface area contributed by atoms with Gasteiger partial charge in [-0.3, -0.25) is 0 Å². The summed E-state index contributed by atoms with van der Waals surface area (Å²) in [5.74, 6) is -0.592. The molecular formula is C12H11NO4. The molecule has 0 fully saturated rings. The van der Waals surface area contributed by atoms with Crippen LogP contribution in [0, 0.1) is 0 Å². The van der Waals surface area contributed by atoms with E-state index in [0.29, 0.717) is 11.3 Å². The topological polar surface area (TPSA) is 82.6 Å². The molecule has 5 heteroatoms. The van der Waals surface area contributed by atoms with Crippen LogP contribution in [0.4, 0.5) is 0 Å². The molecule has 0 atom stereocenters. The van der Waals surface area contributed by atoms with Gasteiger partial charge in [0.05, 0.1) is 0 Å². The second-order valence-corrected chi connectivity index (χ2v) is 3.48. The molecule has 3 N–H and O–H groups in total. The SMILES string of the molecule is O=C(O)c1cc(COc2ccccc2O)c[nH]1. The number of rotatable bonds is 4. The highest BCUT2D eigenvalue weighted by molar-refractivity contribution is 5.85. The average Bonchev–Trinajstić information content (AvgIpc) is 2.77. The predicted octanol–water partition coefficient (Wildman–Crippen LogP) is 2.00. The molecule has 0 aliphatic rings. The quantitative estimate of drug-likeness (QED) is 0.754. The molecule has 0 saturated carbocycles. The van der Waals surface area contributed by atoms with Gasteiger partial charge >= 0.3 is 5.97 Å². The van der Waals surface area contributed by atoms with Crippen molar-refractivity contribution in [3.05, 3.63) is 47.8 Å². The largest absolute Gasteiger partial charge is 0.504 e. The summed E-state index contributed by atoms with van der Waals surface area (Å²) >= 11 is 0. The van der Waals surface area contributed by atoms with Crippen LogP contribution in [0.25, 0.3) is 0 Å². The van der Waals surface area contributed by atoms with E-state index in [1.165, 1.54) is 12.1 Å². The number of para-hydroxylation sites is 2. The molecule has 2 aromatic rings. The van der Waals surface area contributed by atoms with Crippen LogP contribution in [0.15, 0.2) is 36.5 Å². The number of benzene rings is 1. The summed E-state index contributed by atoms with van der Waals surface area (Å²) in [4.78, 5) is 13.2. The van der Waals surface area contributed by atoms with Crippen molar-refractivity contribution in [3.8, 4) is 11.5 Å². The molecule has 0 aliphatic carbocycles. The number of phenols is 1. The normalized spacial score (nSPS) is 10.1. The van der Waals surface area contributed by atoms with Gasteiger partial charge in [-0.05, 0) is 18.2 Å². The number of H-pyrrole nitrogens is 1. The first-order valence-electron chi connectivity index (χ1n) is 4.98. The molecule has 88 valence electrons. The van der Waals surface area contributed by atoms with Crippen molar-refractivity contribution >= 4 is 5.97 Å². The van der Waals surface area contributed by atoms with Crippen LogP contribution < -0.4 is 4.74 Å². The monoisotopic (exact) mass is 233 g/mol. The van der Waals surface area contributed by atoms with Crippen molar-refractivity contribution in [1.29, 1.82) is 0 Å². The van der Waals surface area contributed by atoms with Gasteiger partial charge in [0.15, 0.2) is 11.5 Å². The van der Waals surface area contributed by atoms with Crippen molar-refractivity contribution in [1.82, 2.24) is 4.98 Å². The lowest BCUT2D eigenvalue weighted by Gasteiger charge is -2.05. The van der Waals surface area contributed by atoms with Gasteiger partial charge in [0.1, 0.15) is 12.3 Å². The standard InChI is InChI=1S/C12H11NO4/c14-10-3-1-2-4-11(10)17-7-8-5-9(12(15)16)13-6-8/h1-6,13-14H,7H2,(H,15,16). The minimum Gasteiger partial charge on any atom is -0.504 e. The Balaban J connectivity index is 2.02. The Kier molecular flexibility index (Phi) is 3.00. The molecule has 0 aliphatic heterocycles. The summed E-state index contributed by atoms with van der Waals surface area (Å²) in [6.07, 6.45) is 1.56. The van der Waals surface area contributed by atoms with E-state index in [1.54, 1.807) is 24.4 Å². The van der Waals surface area contributed by atoms with Crippen LogP contribution in [0.3, 0.4) is 0 Å².